The Kier molecular flexibility index (Phi) is 4.24. The van der Waals surface area contributed by atoms with E-state index in [1.54, 1.807) is 9.78 Å². The van der Waals surface area contributed by atoms with Crippen LogP contribution in [-0.4, -0.2) is 35.3 Å². The number of hydroxylamine groups is 1. The van der Waals surface area contributed by atoms with Crippen LogP contribution < -0.4 is 5.56 Å². The number of rotatable bonds is 3. The standard InChI is InChI=1S/C18H18N2O2Se/c1-12(2)19(22)11-14-6-4-5-7-16(14)20-18(21)15-9-8-13(3)10-17(15)23-20/h4-12H,1-3H3. The first kappa shape index (κ1) is 15.8. The summed E-state index contributed by atoms with van der Waals surface area (Å²) in [5.41, 5.74) is 2.75. The number of nitrogens with zero attached hydrogens (tertiary/aromatic N) is 2. The van der Waals surface area contributed by atoms with Crippen LogP contribution in [-0.2, 0) is 0 Å². The summed E-state index contributed by atoms with van der Waals surface area (Å²) in [5, 5.41) is 12.8. The molecule has 0 atom stereocenters. The molecule has 0 fully saturated rings. The van der Waals surface area contributed by atoms with Gasteiger partial charge in [0.25, 0.3) is 0 Å². The van der Waals surface area contributed by atoms with Crippen molar-refractivity contribution >= 4 is 30.6 Å². The molecule has 118 valence electrons. The zero-order chi connectivity index (χ0) is 16.6. The average Bonchev–Trinajstić information content (AvgIpc) is 2.84. The van der Waals surface area contributed by atoms with Crippen LogP contribution in [0.1, 0.15) is 25.0 Å². The molecule has 1 heterocycles. The maximum atomic E-state index is 12.7. The van der Waals surface area contributed by atoms with E-state index in [1.807, 2.05) is 57.2 Å². The Bertz CT molecular complexity index is 951. The molecule has 0 bridgehead atoms. The van der Waals surface area contributed by atoms with Gasteiger partial charge in [-0.15, -0.1) is 0 Å². The first-order valence-corrected chi connectivity index (χ1v) is 9.12. The van der Waals surface area contributed by atoms with Crippen molar-refractivity contribution in [2.24, 2.45) is 0 Å². The Hall–Kier alpha value is -2.10. The molecular formula is C18H18N2O2Se. The van der Waals surface area contributed by atoms with Crippen LogP contribution in [0.25, 0.3) is 15.3 Å². The molecule has 0 radical (unpaired) electrons. The molecule has 0 aliphatic rings. The fourth-order valence-electron chi connectivity index (χ4n) is 2.36. The van der Waals surface area contributed by atoms with E-state index in [4.69, 9.17) is 0 Å². The molecule has 0 N–H and O–H groups in total. The number of benzene rings is 2. The number of hydrogen-bond donors (Lipinski definition) is 0. The molecule has 0 aliphatic carbocycles. The normalized spacial score (nSPS) is 12.3. The van der Waals surface area contributed by atoms with E-state index in [0.29, 0.717) is 0 Å². The van der Waals surface area contributed by atoms with Gasteiger partial charge in [0.15, 0.2) is 0 Å². The van der Waals surface area contributed by atoms with Crippen molar-refractivity contribution in [2.45, 2.75) is 26.8 Å². The molecule has 1 aromatic heterocycles. The fourth-order valence-corrected chi connectivity index (χ4v) is 4.74. The van der Waals surface area contributed by atoms with Gasteiger partial charge in [-0.3, -0.25) is 0 Å². The summed E-state index contributed by atoms with van der Waals surface area (Å²) in [6.07, 6.45) is 1.57. The van der Waals surface area contributed by atoms with E-state index in [0.717, 1.165) is 31.2 Å². The van der Waals surface area contributed by atoms with E-state index in [2.05, 4.69) is 6.07 Å². The van der Waals surface area contributed by atoms with Gasteiger partial charge in [-0.25, -0.2) is 0 Å². The summed E-state index contributed by atoms with van der Waals surface area (Å²) in [4.78, 5) is 12.7. The monoisotopic (exact) mass is 374 g/mol. The fraction of sp³-hybridized carbons (Fsp3) is 0.222. The Balaban J connectivity index is 2.22. The molecule has 2 aromatic carbocycles. The van der Waals surface area contributed by atoms with E-state index < -0.39 is 0 Å². The SMILES string of the molecule is Cc1ccc2c(=O)n(-c3ccccc3C=[N+]([O-])C(C)C)[se]c2c1. The molecule has 0 saturated heterocycles. The van der Waals surface area contributed by atoms with E-state index in [-0.39, 0.29) is 26.3 Å². The third kappa shape index (κ3) is 3.03. The second-order valence-electron chi connectivity index (χ2n) is 5.83. The van der Waals surface area contributed by atoms with Crippen molar-refractivity contribution in [2.75, 3.05) is 0 Å². The van der Waals surface area contributed by atoms with E-state index >= 15 is 0 Å². The van der Waals surface area contributed by atoms with E-state index in [9.17, 15) is 10.0 Å². The first-order valence-electron chi connectivity index (χ1n) is 7.50. The number of para-hydroxylation sites is 1. The van der Waals surface area contributed by atoms with Crippen molar-refractivity contribution in [3.05, 3.63) is 69.2 Å². The van der Waals surface area contributed by atoms with Crippen LogP contribution in [0.15, 0.2) is 47.3 Å². The van der Waals surface area contributed by atoms with Gasteiger partial charge < -0.3 is 0 Å². The molecule has 0 aliphatic heterocycles. The van der Waals surface area contributed by atoms with Crippen LogP contribution >= 0.6 is 0 Å². The van der Waals surface area contributed by atoms with Gasteiger partial charge >= 0.3 is 141 Å². The topological polar surface area (TPSA) is 48.1 Å². The molecule has 3 rings (SSSR count). The molecule has 0 saturated carbocycles. The zero-order valence-corrected chi connectivity index (χ0v) is 15.0. The minimum absolute atomic E-state index is 0.0165. The summed E-state index contributed by atoms with van der Waals surface area (Å²) in [7, 11) is 0. The van der Waals surface area contributed by atoms with Crippen LogP contribution in [0.5, 0.6) is 0 Å². The average molecular weight is 373 g/mol. The Morgan fingerprint density at radius 3 is 2.70 bits per heavy atom. The van der Waals surface area contributed by atoms with Crippen LogP contribution in [0, 0.1) is 12.1 Å². The van der Waals surface area contributed by atoms with Crippen molar-refractivity contribution in [3.63, 3.8) is 0 Å². The Morgan fingerprint density at radius 1 is 1.22 bits per heavy atom. The van der Waals surface area contributed by atoms with Crippen LogP contribution in [0.4, 0.5) is 0 Å². The maximum absolute atomic E-state index is 12.7. The van der Waals surface area contributed by atoms with Gasteiger partial charge in [0.1, 0.15) is 0 Å². The predicted molar refractivity (Wildman–Crippen MR) is 95.2 cm³/mol. The number of aromatic nitrogens is 1. The predicted octanol–water partition coefficient (Wildman–Crippen LogP) is 2.69. The summed E-state index contributed by atoms with van der Waals surface area (Å²) in [6, 6.07) is 13.4. The van der Waals surface area contributed by atoms with Gasteiger partial charge in [-0.2, -0.15) is 0 Å². The third-order valence-corrected chi connectivity index (χ3v) is 5.94. The molecule has 0 amide bonds. The zero-order valence-electron chi connectivity index (χ0n) is 13.3. The summed E-state index contributed by atoms with van der Waals surface area (Å²) in [6.45, 7) is 5.72. The summed E-state index contributed by atoms with van der Waals surface area (Å²) >= 11 is -0.103. The quantitative estimate of drug-likeness (QED) is 0.233. The number of hydrogen-bond acceptors (Lipinski definition) is 2. The Labute approximate surface area is 140 Å². The summed E-state index contributed by atoms with van der Waals surface area (Å²) < 4.78 is 3.82. The van der Waals surface area contributed by atoms with Gasteiger partial charge in [0, 0.05) is 0 Å². The van der Waals surface area contributed by atoms with Crippen molar-refractivity contribution in [1.82, 2.24) is 3.56 Å². The van der Waals surface area contributed by atoms with E-state index in [1.165, 1.54) is 0 Å². The minimum atomic E-state index is -0.136. The summed E-state index contributed by atoms with van der Waals surface area (Å²) in [5.74, 6) is 0. The van der Waals surface area contributed by atoms with Gasteiger partial charge in [0.05, 0.1) is 0 Å². The molecule has 4 nitrogen and oxygen atoms in total. The second kappa shape index (κ2) is 6.19. The van der Waals surface area contributed by atoms with Gasteiger partial charge in [-0.05, 0) is 0 Å². The van der Waals surface area contributed by atoms with Crippen molar-refractivity contribution < 1.29 is 4.74 Å². The molecular weight excluding hydrogens is 355 g/mol. The number of fused-ring (bicyclic) bond motifs is 1. The first-order chi connectivity index (χ1) is 11.0. The second-order valence-corrected chi connectivity index (χ2v) is 7.90. The van der Waals surface area contributed by atoms with Gasteiger partial charge in [-0.1, -0.05) is 0 Å². The number of aryl methyl sites for hydroxylation is 1. The Morgan fingerprint density at radius 2 is 1.96 bits per heavy atom. The van der Waals surface area contributed by atoms with Crippen LogP contribution in [0.2, 0.25) is 0 Å². The third-order valence-electron chi connectivity index (χ3n) is 3.67. The van der Waals surface area contributed by atoms with Gasteiger partial charge in [0.2, 0.25) is 0 Å². The molecule has 3 aromatic rings. The molecule has 5 heteroatoms. The molecule has 0 unspecified atom stereocenters. The molecule has 23 heavy (non-hydrogen) atoms. The van der Waals surface area contributed by atoms with Crippen LogP contribution in [0.3, 0.4) is 0 Å². The van der Waals surface area contributed by atoms with Crippen molar-refractivity contribution in [3.8, 4) is 5.69 Å². The molecule has 0 spiro atoms. The van der Waals surface area contributed by atoms with Crippen molar-refractivity contribution in [1.29, 1.82) is 0 Å².